The quantitative estimate of drug-likeness (QED) is 0.359. The van der Waals surface area contributed by atoms with Crippen molar-refractivity contribution in [1.82, 2.24) is 10.3 Å². The number of hydrogen-bond donors (Lipinski definition) is 4. The van der Waals surface area contributed by atoms with Crippen LogP contribution in [-0.2, 0) is 6.42 Å². The average Bonchev–Trinajstić information content (AvgIpc) is 2.76. The second-order valence-electron chi connectivity index (χ2n) is 7.85. The molecule has 0 amide bonds. The summed E-state index contributed by atoms with van der Waals surface area (Å²) in [4.78, 5) is 15.5. The van der Waals surface area contributed by atoms with Crippen molar-refractivity contribution in [3.05, 3.63) is 77.6 Å². The lowest BCUT2D eigenvalue weighted by Crippen LogP contribution is -2.24. The highest BCUT2D eigenvalue weighted by atomic mass is 16.5. The first kappa shape index (κ1) is 23.2. The molecular formula is C25H29N3O4. The number of aliphatic hydroxyl groups is 1. The third kappa shape index (κ3) is 6.06. The highest BCUT2D eigenvalue weighted by molar-refractivity contribution is 5.92. The van der Waals surface area contributed by atoms with Gasteiger partial charge in [0.05, 0.1) is 12.2 Å². The fourth-order valence-electron chi connectivity index (χ4n) is 3.37. The summed E-state index contributed by atoms with van der Waals surface area (Å²) >= 11 is 0. The van der Waals surface area contributed by atoms with Gasteiger partial charge in [-0.2, -0.15) is 0 Å². The van der Waals surface area contributed by atoms with Gasteiger partial charge in [-0.25, -0.2) is 4.79 Å². The van der Waals surface area contributed by atoms with E-state index < -0.39 is 12.1 Å². The third-order valence-electron chi connectivity index (χ3n) is 5.04. The van der Waals surface area contributed by atoms with E-state index in [0.29, 0.717) is 30.1 Å². The van der Waals surface area contributed by atoms with Gasteiger partial charge in [-0.15, -0.1) is 0 Å². The molecule has 0 aliphatic rings. The van der Waals surface area contributed by atoms with E-state index in [1.165, 1.54) is 0 Å². The number of aliphatic hydroxyl groups excluding tert-OH is 1. The van der Waals surface area contributed by atoms with Gasteiger partial charge in [-0.05, 0) is 61.7 Å². The summed E-state index contributed by atoms with van der Waals surface area (Å²) in [6.45, 7) is 4.83. The maximum atomic E-state index is 11.4. The summed E-state index contributed by atoms with van der Waals surface area (Å²) < 4.78 is 5.70. The van der Waals surface area contributed by atoms with Crippen molar-refractivity contribution in [2.24, 2.45) is 0 Å². The Morgan fingerprint density at radius 1 is 1.12 bits per heavy atom. The first-order chi connectivity index (χ1) is 15.3. The van der Waals surface area contributed by atoms with Gasteiger partial charge in [-0.3, -0.25) is 4.98 Å². The zero-order valence-electron chi connectivity index (χ0n) is 18.3. The SMILES string of the molecule is CC(C)Oc1cc(-c2ccc(CCNC[C@H](O)c3cnccc3N)cc2)ccc1C(=O)O. The topological polar surface area (TPSA) is 118 Å². The largest absolute Gasteiger partial charge is 0.490 e. The molecule has 7 nitrogen and oxygen atoms in total. The monoisotopic (exact) mass is 435 g/mol. The number of nitrogens with zero attached hydrogens (tertiary/aromatic N) is 1. The molecule has 7 heteroatoms. The zero-order valence-corrected chi connectivity index (χ0v) is 18.3. The summed E-state index contributed by atoms with van der Waals surface area (Å²) in [5, 5.41) is 22.9. The fraction of sp³-hybridized carbons (Fsp3) is 0.280. The number of nitrogen functional groups attached to an aromatic ring is 1. The van der Waals surface area contributed by atoms with Crippen LogP contribution in [0.15, 0.2) is 60.9 Å². The first-order valence-corrected chi connectivity index (χ1v) is 10.6. The maximum Gasteiger partial charge on any atom is 0.339 e. The molecule has 0 saturated carbocycles. The number of pyridine rings is 1. The number of ether oxygens (including phenoxy) is 1. The van der Waals surface area contributed by atoms with Crippen LogP contribution in [-0.4, -0.2) is 40.4 Å². The van der Waals surface area contributed by atoms with Crippen LogP contribution >= 0.6 is 0 Å². The number of carbonyl (C=O) groups is 1. The minimum atomic E-state index is -1.01. The number of nitrogens with two attached hydrogens (primary N) is 1. The van der Waals surface area contributed by atoms with Gasteiger partial charge in [0, 0.05) is 30.2 Å². The van der Waals surface area contributed by atoms with Gasteiger partial charge in [0.25, 0.3) is 0 Å². The lowest BCUT2D eigenvalue weighted by molar-refractivity contribution is 0.0690. The Balaban J connectivity index is 1.58. The lowest BCUT2D eigenvalue weighted by Gasteiger charge is -2.14. The molecule has 1 heterocycles. The number of carboxylic acids is 1. The van der Waals surface area contributed by atoms with Crippen molar-refractivity contribution in [3.63, 3.8) is 0 Å². The molecule has 0 saturated heterocycles. The number of anilines is 1. The number of aromatic carboxylic acids is 1. The van der Waals surface area contributed by atoms with Gasteiger partial charge in [0.1, 0.15) is 11.3 Å². The highest BCUT2D eigenvalue weighted by Gasteiger charge is 2.14. The number of carboxylic acid groups (broad SMARTS) is 1. The van der Waals surface area contributed by atoms with Crippen LogP contribution in [0.4, 0.5) is 5.69 Å². The maximum absolute atomic E-state index is 11.4. The fourth-order valence-corrected chi connectivity index (χ4v) is 3.37. The summed E-state index contributed by atoms with van der Waals surface area (Å²) in [6.07, 6.45) is 3.16. The van der Waals surface area contributed by atoms with Crippen LogP contribution in [0.2, 0.25) is 0 Å². The van der Waals surface area contributed by atoms with Gasteiger partial charge >= 0.3 is 5.97 Å². The lowest BCUT2D eigenvalue weighted by atomic mass is 10.0. The smallest absolute Gasteiger partial charge is 0.339 e. The molecule has 0 bridgehead atoms. The van der Waals surface area contributed by atoms with E-state index in [2.05, 4.69) is 10.3 Å². The van der Waals surface area contributed by atoms with Gasteiger partial charge in [0.2, 0.25) is 0 Å². The molecule has 0 radical (unpaired) electrons. The van der Waals surface area contributed by atoms with E-state index in [9.17, 15) is 15.0 Å². The Hall–Kier alpha value is -3.42. The molecule has 0 aliphatic heterocycles. The van der Waals surface area contributed by atoms with Gasteiger partial charge in [0.15, 0.2) is 0 Å². The molecule has 5 N–H and O–H groups in total. The van der Waals surface area contributed by atoms with Crippen LogP contribution in [0.5, 0.6) is 5.75 Å². The standard InChI is InChI=1S/C25H29N3O4/c1-16(2)32-24-13-19(7-8-20(24)25(30)31)18-5-3-17(4-6-18)9-11-28-15-23(29)21-14-27-12-10-22(21)26/h3-8,10,12-14,16,23,28-29H,9,11,15H2,1-2H3,(H2,26,27)(H,30,31)/t23-/m0/s1. The van der Waals surface area contributed by atoms with E-state index in [1.54, 1.807) is 36.7 Å². The van der Waals surface area contributed by atoms with Crippen LogP contribution in [0.3, 0.4) is 0 Å². The Kier molecular flexibility index (Phi) is 7.81. The van der Waals surface area contributed by atoms with Crippen molar-refractivity contribution in [1.29, 1.82) is 0 Å². The van der Waals surface area contributed by atoms with E-state index in [1.807, 2.05) is 38.1 Å². The van der Waals surface area contributed by atoms with Crippen LogP contribution in [0, 0.1) is 0 Å². The minimum Gasteiger partial charge on any atom is -0.490 e. The summed E-state index contributed by atoms with van der Waals surface area (Å²) in [7, 11) is 0. The number of nitrogens with one attached hydrogen (secondary N) is 1. The molecule has 0 unspecified atom stereocenters. The normalized spacial score (nSPS) is 12.0. The second kappa shape index (κ2) is 10.7. The van der Waals surface area contributed by atoms with E-state index in [-0.39, 0.29) is 11.7 Å². The van der Waals surface area contributed by atoms with Gasteiger partial charge < -0.3 is 26.0 Å². The third-order valence-corrected chi connectivity index (χ3v) is 5.04. The van der Waals surface area contributed by atoms with E-state index in [4.69, 9.17) is 10.5 Å². The molecule has 32 heavy (non-hydrogen) atoms. The molecule has 0 aliphatic carbocycles. The number of rotatable bonds is 10. The molecular weight excluding hydrogens is 406 g/mol. The average molecular weight is 436 g/mol. The summed E-state index contributed by atoms with van der Waals surface area (Å²) in [5.74, 6) is -0.641. The molecule has 1 atom stereocenters. The summed E-state index contributed by atoms with van der Waals surface area (Å²) in [5.41, 5.74) is 10.2. The predicted octanol–water partition coefficient (Wildman–Crippen LogP) is 3.68. The van der Waals surface area contributed by atoms with Crippen LogP contribution < -0.4 is 15.8 Å². The molecule has 168 valence electrons. The van der Waals surface area contributed by atoms with E-state index >= 15 is 0 Å². The molecule has 3 aromatic rings. The number of hydrogen-bond acceptors (Lipinski definition) is 6. The molecule has 3 rings (SSSR count). The van der Waals surface area contributed by atoms with Crippen molar-refractivity contribution in [2.45, 2.75) is 32.5 Å². The van der Waals surface area contributed by atoms with Crippen molar-refractivity contribution in [3.8, 4) is 16.9 Å². The predicted molar refractivity (Wildman–Crippen MR) is 125 cm³/mol. The van der Waals surface area contributed by atoms with E-state index in [0.717, 1.165) is 23.1 Å². The second-order valence-corrected chi connectivity index (χ2v) is 7.85. The first-order valence-electron chi connectivity index (χ1n) is 10.6. The Bertz CT molecular complexity index is 1050. The Morgan fingerprint density at radius 3 is 2.50 bits per heavy atom. The number of benzene rings is 2. The van der Waals surface area contributed by atoms with Crippen LogP contribution in [0.1, 0.15) is 41.4 Å². The molecule has 0 fully saturated rings. The van der Waals surface area contributed by atoms with Crippen molar-refractivity contribution >= 4 is 11.7 Å². The molecule has 0 spiro atoms. The van der Waals surface area contributed by atoms with Crippen molar-refractivity contribution in [2.75, 3.05) is 18.8 Å². The highest BCUT2D eigenvalue weighted by Crippen LogP contribution is 2.28. The van der Waals surface area contributed by atoms with Crippen molar-refractivity contribution < 1.29 is 19.7 Å². The Labute approximate surface area is 187 Å². The number of aromatic nitrogens is 1. The Morgan fingerprint density at radius 2 is 1.84 bits per heavy atom. The molecule has 1 aromatic heterocycles. The molecule has 2 aromatic carbocycles. The zero-order chi connectivity index (χ0) is 23.1. The van der Waals surface area contributed by atoms with Gasteiger partial charge in [-0.1, -0.05) is 30.3 Å². The summed E-state index contributed by atoms with van der Waals surface area (Å²) in [6, 6.07) is 14.9. The van der Waals surface area contributed by atoms with Crippen LogP contribution in [0.25, 0.3) is 11.1 Å². The minimum absolute atomic E-state index is 0.119.